The van der Waals surface area contributed by atoms with Crippen molar-refractivity contribution in [1.29, 1.82) is 0 Å². The average molecular weight is 266 g/mol. The van der Waals surface area contributed by atoms with Crippen LogP contribution in [0.1, 0.15) is 36.5 Å². The van der Waals surface area contributed by atoms with Crippen LogP contribution in [0.15, 0.2) is 41.8 Å². The molecular weight excluding hydrogens is 248 g/mol. The van der Waals surface area contributed by atoms with Crippen LogP contribution in [-0.4, -0.2) is 20.0 Å². The van der Waals surface area contributed by atoms with Gasteiger partial charge >= 0.3 is 0 Å². The van der Waals surface area contributed by atoms with Gasteiger partial charge in [0.2, 0.25) is 0 Å². The number of unbranched alkanes of at least 4 members (excludes halogenated alkanes) is 1. The Morgan fingerprint density at radius 2 is 1.89 bits per heavy atom. The minimum absolute atomic E-state index is 0.0597. The van der Waals surface area contributed by atoms with Crippen molar-refractivity contribution in [3.05, 3.63) is 42.5 Å². The number of hydrogen-bond acceptors (Lipinski definition) is 3. The van der Waals surface area contributed by atoms with Crippen LogP contribution in [0.2, 0.25) is 0 Å². The Labute approximate surface area is 108 Å². The molecule has 0 fully saturated rings. The fourth-order valence-electron chi connectivity index (χ4n) is 1.58. The lowest BCUT2D eigenvalue weighted by molar-refractivity contribution is 0.0979. The Bertz CT molecular complexity index is 512. The molecule has 3 nitrogen and oxygen atoms in total. The minimum Gasteiger partial charge on any atom is -0.294 e. The number of Topliss-reactive ketones (excluding diaryl/α,β-unsaturated/α-hetero) is 1. The molecule has 0 spiro atoms. The summed E-state index contributed by atoms with van der Waals surface area (Å²) >= 11 is 0. The quantitative estimate of drug-likeness (QED) is 0.563. The standard InChI is InChI=1S/C14H18O3S/c1-3-5-6-14(15)12-7-9-13(10-8-12)18(16,17)11-4-2/h4,7-10H,2-3,5-6,11H2,1H3. The molecular formula is C14H18O3S. The van der Waals surface area contributed by atoms with Gasteiger partial charge < -0.3 is 0 Å². The SMILES string of the molecule is C=CCS(=O)(=O)c1ccc(C(=O)CCCC)cc1. The van der Waals surface area contributed by atoms with Gasteiger partial charge in [-0.15, -0.1) is 6.58 Å². The van der Waals surface area contributed by atoms with E-state index in [4.69, 9.17) is 0 Å². The number of ketones is 1. The van der Waals surface area contributed by atoms with Crippen LogP contribution in [0.3, 0.4) is 0 Å². The van der Waals surface area contributed by atoms with E-state index in [1.54, 1.807) is 12.1 Å². The molecule has 0 aliphatic carbocycles. The maximum absolute atomic E-state index is 11.7. The van der Waals surface area contributed by atoms with Gasteiger partial charge in [-0.3, -0.25) is 4.79 Å². The molecule has 0 aliphatic heterocycles. The van der Waals surface area contributed by atoms with Gasteiger partial charge in [-0.25, -0.2) is 8.42 Å². The summed E-state index contributed by atoms with van der Waals surface area (Å²) < 4.78 is 23.5. The largest absolute Gasteiger partial charge is 0.294 e. The molecule has 0 saturated heterocycles. The highest BCUT2D eigenvalue weighted by molar-refractivity contribution is 7.91. The summed E-state index contributed by atoms with van der Waals surface area (Å²) in [6, 6.07) is 6.12. The summed E-state index contributed by atoms with van der Waals surface area (Å²) in [5.41, 5.74) is 0.570. The van der Waals surface area contributed by atoms with Gasteiger partial charge in [0.25, 0.3) is 0 Å². The molecule has 0 N–H and O–H groups in total. The smallest absolute Gasteiger partial charge is 0.181 e. The number of carbonyl (C=O) groups is 1. The van der Waals surface area contributed by atoms with Crippen molar-refractivity contribution in [3.8, 4) is 0 Å². The molecule has 1 aromatic rings. The van der Waals surface area contributed by atoms with Crippen LogP contribution in [0.5, 0.6) is 0 Å². The predicted molar refractivity (Wildman–Crippen MR) is 72.5 cm³/mol. The Kier molecular flexibility index (Phi) is 5.28. The highest BCUT2D eigenvalue weighted by Crippen LogP contribution is 2.14. The lowest BCUT2D eigenvalue weighted by Crippen LogP contribution is -2.05. The van der Waals surface area contributed by atoms with Gasteiger partial charge in [-0.1, -0.05) is 31.6 Å². The first-order chi connectivity index (χ1) is 8.51. The summed E-state index contributed by atoms with van der Waals surface area (Å²) in [5.74, 6) is -0.0274. The van der Waals surface area contributed by atoms with E-state index < -0.39 is 9.84 Å². The third-order valence-corrected chi connectivity index (χ3v) is 4.30. The van der Waals surface area contributed by atoms with E-state index in [1.807, 2.05) is 6.92 Å². The highest BCUT2D eigenvalue weighted by Gasteiger charge is 2.13. The van der Waals surface area contributed by atoms with E-state index in [2.05, 4.69) is 6.58 Å². The molecule has 1 rings (SSSR count). The van der Waals surface area contributed by atoms with Crippen LogP contribution < -0.4 is 0 Å². The maximum Gasteiger partial charge on any atom is 0.181 e. The van der Waals surface area contributed by atoms with Crippen LogP contribution in [0, 0.1) is 0 Å². The molecule has 0 saturated carbocycles. The number of benzene rings is 1. The highest BCUT2D eigenvalue weighted by atomic mass is 32.2. The van der Waals surface area contributed by atoms with Crippen molar-refractivity contribution < 1.29 is 13.2 Å². The van der Waals surface area contributed by atoms with Crippen molar-refractivity contribution in [2.24, 2.45) is 0 Å². The Morgan fingerprint density at radius 1 is 1.28 bits per heavy atom. The molecule has 98 valence electrons. The van der Waals surface area contributed by atoms with Gasteiger partial charge in [0.15, 0.2) is 15.6 Å². The van der Waals surface area contributed by atoms with Crippen molar-refractivity contribution in [3.63, 3.8) is 0 Å². The first kappa shape index (κ1) is 14.6. The van der Waals surface area contributed by atoms with Crippen molar-refractivity contribution >= 4 is 15.6 Å². The predicted octanol–water partition coefficient (Wildman–Crippen LogP) is 3.02. The molecule has 0 aromatic heterocycles. The number of sulfone groups is 1. The third-order valence-electron chi connectivity index (χ3n) is 2.63. The Morgan fingerprint density at radius 3 is 2.39 bits per heavy atom. The maximum atomic E-state index is 11.7. The van der Waals surface area contributed by atoms with Crippen molar-refractivity contribution in [2.75, 3.05) is 5.75 Å². The zero-order valence-corrected chi connectivity index (χ0v) is 11.4. The van der Waals surface area contributed by atoms with Crippen LogP contribution >= 0.6 is 0 Å². The van der Waals surface area contributed by atoms with E-state index in [9.17, 15) is 13.2 Å². The number of carbonyl (C=O) groups excluding carboxylic acids is 1. The second-order valence-electron chi connectivity index (χ2n) is 4.12. The second-order valence-corrected chi connectivity index (χ2v) is 6.16. The lowest BCUT2D eigenvalue weighted by Gasteiger charge is -2.03. The Balaban J connectivity index is 2.86. The van der Waals surface area contributed by atoms with E-state index >= 15 is 0 Å². The summed E-state index contributed by atoms with van der Waals surface area (Å²) in [7, 11) is -3.30. The number of hydrogen-bond donors (Lipinski definition) is 0. The van der Waals surface area contributed by atoms with Gasteiger partial charge in [0, 0.05) is 12.0 Å². The summed E-state index contributed by atoms with van der Waals surface area (Å²) in [4.78, 5) is 12.0. The van der Waals surface area contributed by atoms with Crippen molar-refractivity contribution in [2.45, 2.75) is 31.1 Å². The molecule has 1 aromatic carbocycles. The molecule has 0 radical (unpaired) electrons. The molecule has 18 heavy (non-hydrogen) atoms. The van der Waals surface area contributed by atoms with E-state index in [0.717, 1.165) is 12.8 Å². The topological polar surface area (TPSA) is 51.2 Å². The average Bonchev–Trinajstić information content (AvgIpc) is 2.36. The zero-order chi connectivity index (χ0) is 13.6. The van der Waals surface area contributed by atoms with Gasteiger partial charge in [-0.05, 0) is 18.6 Å². The molecule has 0 heterocycles. The van der Waals surface area contributed by atoms with Crippen LogP contribution in [0.25, 0.3) is 0 Å². The molecule has 0 atom stereocenters. The second kappa shape index (κ2) is 6.50. The molecule has 0 bridgehead atoms. The summed E-state index contributed by atoms with van der Waals surface area (Å²) in [5, 5.41) is 0. The monoisotopic (exact) mass is 266 g/mol. The van der Waals surface area contributed by atoms with Crippen molar-refractivity contribution in [1.82, 2.24) is 0 Å². The van der Waals surface area contributed by atoms with Gasteiger partial charge in [0.1, 0.15) is 0 Å². The Hall–Kier alpha value is -1.42. The minimum atomic E-state index is -3.30. The molecule has 4 heteroatoms. The van der Waals surface area contributed by atoms with E-state index in [-0.39, 0.29) is 16.4 Å². The van der Waals surface area contributed by atoms with E-state index in [0.29, 0.717) is 12.0 Å². The molecule has 0 unspecified atom stereocenters. The lowest BCUT2D eigenvalue weighted by atomic mass is 10.1. The van der Waals surface area contributed by atoms with Crippen LogP contribution in [0.4, 0.5) is 0 Å². The summed E-state index contributed by atoms with van der Waals surface area (Å²) in [6.45, 7) is 5.44. The third kappa shape index (κ3) is 3.81. The zero-order valence-electron chi connectivity index (χ0n) is 10.6. The fraction of sp³-hybridized carbons (Fsp3) is 0.357. The van der Waals surface area contributed by atoms with Crippen LogP contribution in [-0.2, 0) is 9.84 Å². The molecule has 0 aliphatic rings. The summed E-state index contributed by atoms with van der Waals surface area (Å²) in [6.07, 6.45) is 3.69. The fourth-order valence-corrected chi connectivity index (χ4v) is 2.63. The molecule has 0 amide bonds. The normalized spacial score (nSPS) is 11.2. The first-order valence-corrected chi connectivity index (χ1v) is 7.63. The van der Waals surface area contributed by atoms with E-state index in [1.165, 1.54) is 18.2 Å². The first-order valence-electron chi connectivity index (χ1n) is 5.98. The van der Waals surface area contributed by atoms with Gasteiger partial charge in [0.05, 0.1) is 10.6 Å². The van der Waals surface area contributed by atoms with Gasteiger partial charge in [-0.2, -0.15) is 0 Å². The number of rotatable bonds is 7.